The maximum Gasteiger partial charge on any atom is 0.106 e. The third-order valence-corrected chi connectivity index (χ3v) is 4.89. The monoisotopic (exact) mass is 309 g/mol. The molecule has 2 aliphatic heterocycles. The first kappa shape index (κ1) is 13.4. The van der Waals surface area contributed by atoms with Gasteiger partial charge in [-0.25, -0.2) is 0 Å². The first-order valence-electron chi connectivity index (χ1n) is 8.09. The lowest BCUT2D eigenvalue weighted by atomic mass is 9.95. The van der Waals surface area contributed by atoms with Crippen LogP contribution >= 0.6 is 0 Å². The van der Waals surface area contributed by atoms with Gasteiger partial charge in [-0.05, 0) is 34.9 Å². The molecule has 3 aromatic rings. The molecule has 3 heteroatoms. The Morgan fingerprint density at radius 2 is 1.50 bits per heavy atom. The normalized spacial score (nSPS) is 20.2. The molecule has 114 valence electrons. The smallest absolute Gasteiger partial charge is 0.106 e. The Hall–Kier alpha value is -3.09. The summed E-state index contributed by atoms with van der Waals surface area (Å²) in [7, 11) is 0. The highest BCUT2D eigenvalue weighted by molar-refractivity contribution is 5.67. The summed E-state index contributed by atoms with van der Waals surface area (Å²) in [6.45, 7) is 1.01. The molecule has 3 aromatic carbocycles. The van der Waals surface area contributed by atoms with Crippen molar-refractivity contribution in [2.45, 2.75) is 6.04 Å². The molecular formula is C21H15N3. The summed E-state index contributed by atoms with van der Waals surface area (Å²) in [5.41, 5.74) is 7.05. The molecule has 0 aromatic heterocycles. The van der Waals surface area contributed by atoms with Gasteiger partial charge in [0.25, 0.3) is 0 Å². The molecule has 0 amide bonds. The maximum atomic E-state index is 8.91. The van der Waals surface area contributed by atoms with Crippen LogP contribution in [0.2, 0.25) is 0 Å². The van der Waals surface area contributed by atoms with Crippen molar-refractivity contribution in [3.05, 3.63) is 89.5 Å². The molecule has 2 atom stereocenters. The van der Waals surface area contributed by atoms with E-state index in [1.54, 1.807) is 0 Å². The second-order valence-electron chi connectivity index (χ2n) is 6.25. The second kappa shape index (κ2) is 4.95. The summed E-state index contributed by atoms with van der Waals surface area (Å²) >= 11 is 0. The maximum absolute atomic E-state index is 8.91. The molecule has 0 spiro atoms. The average Bonchev–Trinajstić information content (AvgIpc) is 3.37. The Morgan fingerprint density at radius 1 is 0.833 bits per heavy atom. The van der Waals surface area contributed by atoms with Gasteiger partial charge in [0.15, 0.2) is 0 Å². The van der Waals surface area contributed by atoms with Gasteiger partial charge in [-0.3, -0.25) is 5.01 Å². The summed E-state index contributed by atoms with van der Waals surface area (Å²) in [6.07, 6.45) is 0. The van der Waals surface area contributed by atoms with E-state index >= 15 is 0 Å². The summed E-state index contributed by atoms with van der Waals surface area (Å²) in [6, 6.07) is 27.6. The molecule has 1 saturated heterocycles. The lowest BCUT2D eigenvalue weighted by molar-refractivity contribution is 0.485. The third kappa shape index (κ3) is 1.94. The van der Waals surface area contributed by atoms with Gasteiger partial charge in [-0.1, -0.05) is 54.6 Å². The number of nitriles is 1. The summed E-state index contributed by atoms with van der Waals surface area (Å²) in [5.74, 6) is 0. The van der Waals surface area contributed by atoms with Gasteiger partial charge in [0.05, 0.1) is 23.4 Å². The molecule has 1 fully saturated rings. The van der Waals surface area contributed by atoms with Crippen molar-refractivity contribution in [3.63, 3.8) is 0 Å². The van der Waals surface area contributed by atoms with Crippen LogP contribution in [-0.4, -0.2) is 11.7 Å². The average molecular weight is 309 g/mol. The van der Waals surface area contributed by atoms with Crippen LogP contribution in [0.25, 0.3) is 11.1 Å². The number of hydrogen-bond acceptors (Lipinski definition) is 3. The van der Waals surface area contributed by atoms with E-state index in [1.807, 2.05) is 24.3 Å². The molecule has 3 nitrogen and oxygen atoms in total. The Balaban J connectivity index is 1.48. The van der Waals surface area contributed by atoms with Crippen molar-refractivity contribution in [1.29, 1.82) is 5.26 Å². The van der Waals surface area contributed by atoms with Crippen LogP contribution in [0.4, 0.5) is 5.69 Å². The molecular weight excluding hydrogens is 294 g/mol. The SMILES string of the molecule is N#Cc1ccc(-c2ccc(C3c4ccccc4N4CN34)cc2)cc1. The number of benzene rings is 3. The zero-order valence-electron chi connectivity index (χ0n) is 13.1. The Morgan fingerprint density at radius 3 is 2.21 bits per heavy atom. The highest BCUT2D eigenvalue weighted by atomic mass is 15.8. The van der Waals surface area contributed by atoms with Crippen molar-refractivity contribution in [2.24, 2.45) is 0 Å². The van der Waals surface area contributed by atoms with Gasteiger partial charge in [0.1, 0.15) is 6.67 Å². The minimum absolute atomic E-state index is 0.330. The zero-order valence-corrected chi connectivity index (χ0v) is 13.1. The van der Waals surface area contributed by atoms with Crippen molar-refractivity contribution < 1.29 is 0 Å². The van der Waals surface area contributed by atoms with Crippen molar-refractivity contribution >= 4 is 5.69 Å². The predicted octanol–water partition coefficient (Wildman–Crippen LogP) is 4.32. The van der Waals surface area contributed by atoms with Crippen LogP contribution in [0.3, 0.4) is 0 Å². The van der Waals surface area contributed by atoms with Crippen LogP contribution < -0.4 is 5.01 Å². The van der Waals surface area contributed by atoms with E-state index in [1.165, 1.54) is 22.4 Å². The predicted molar refractivity (Wildman–Crippen MR) is 94.1 cm³/mol. The lowest BCUT2D eigenvalue weighted by Gasteiger charge is -2.14. The summed E-state index contributed by atoms with van der Waals surface area (Å²) in [4.78, 5) is 0. The number of anilines is 1. The molecule has 0 saturated carbocycles. The summed E-state index contributed by atoms with van der Waals surface area (Å²) < 4.78 is 0. The largest absolute Gasteiger partial charge is 0.287 e. The zero-order chi connectivity index (χ0) is 16.1. The minimum atomic E-state index is 0.330. The summed E-state index contributed by atoms with van der Waals surface area (Å²) in [5, 5.41) is 13.6. The van der Waals surface area contributed by atoms with Crippen molar-refractivity contribution in [1.82, 2.24) is 5.01 Å². The van der Waals surface area contributed by atoms with E-state index in [-0.39, 0.29) is 0 Å². The number of hydrogen-bond donors (Lipinski definition) is 0. The van der Waals surface area contributed by atoms with E-state index in [4.69, 9.17) is 5.26 Å². The highest BCUT2D eigenvalue weighted by Gasteiger charge is 2.47. The van der Waals surface area contributed by atoms with E-state index in [2.05, 4.69) is 64.6 Å². The second-order valence-corrected chi connectivity index (χ2v) is 6.25. The number of fused-ring (bicyclic) bond motifs is 3. The fourth-order valence-electron chi connectivity index (χ4n) is 3.61. The standard InChI is InChI=1S/C21H15N3/c22-13-15-5-7-16(8-6-15)17-9-11-18(12-10-17)21-19-3-1-2-4-20(19)23-14-24(21)23/h1-12,21H,14H2. The molecule has 0 radical (unpaired) electrons. The van der Waals surface area contributed by atoms with Gasteiger partial charge in [-0.15, -0.1) is 0 Å². The number of nitrogens with zero attached hydrogens (tertiary/aromatic N) is 3. The molecule has 24 heavy (non-hydrogen) atoms. The Kier molecular flexibility index (Phi) is 2.76. The Labute approximate surface area is 141 Å². The molecule has 0 N–H and O–H groups in total. The van der Waals surface area contributed by atoms with E-state index in [0.29, 0.717) is 11.6 Å². The molecule has 2 aliphatic rings. The third-order valence-electron chi connectivity index (χ3n) is 4.89. The van der Waals surface area contributed by atoms with Crippen LogP contribution in [-0.2, 0) is 0 Å². The molecule has 0 aliphatic carbocycles. The van der Waals surface area contributed by atoms with Gasteiger partial charge >= 0.3 is 0 Å². The Bertz CT molecular complexity index is 952. The highest BCUT2D eigenvalue weighted by Crippen LogP contribution is 2.50. The van der Waals surface area contributed by atoms with Gasteiger partial charge in [0, 0.05) is 5.56 Å². The van der Waals surface area contributed by atoms with Crippen LogP contribution in [0.5, 0.6) is 0 Å². The van der Waals surface area contributed by atoms with E-state index in [0.717, 1.165) is 12.2 Å². The van der Waals surface area contributed by atoms with E-state index in [9.17, 15) is 0 Å². The molecule has 2 heterocycles. The van der Waals surface area contributed by atoms with Gasteiger partial charge in [0.2, 0.25) is 0 Å². The fraction of sp³-hybridized carbons (Fsp3) is 0.0952. The lowest BCUT2D eigenvalue weighted by Crippen LogP contribution is -2.08. The van der Waals surface area contributed by atoms with Crippen molar-refractivity contribution in [3.8, 4) is 17.2 Å². The number of rotatable bonds is 2. The van der Waals surface area contributed by atoms with Crippen LogP contribution in [0.1, 0.15) is 22.7 Å². The molecule has 0 bridgehead atoms. The molecule has 2 unspecified atom stereocenters. The van der Waals surface area contributed by atoms with E-state index < -0.39 is 0 Å². The first-order chi connectivity index (χ1) is 11.8. The van der Waals surface area contributed by atoms with Crippen molar-refractivity contribution in [2.75, 3.05) is 11.7 Å². The fourth-order valence-corrected chi connectivity index (χ4v) is 3.61. The quantitative estimate of drug-likeness (QED) is 0.660. The van der Waals surface area contributed by atoms with Crippen LogP contribution in [0, 0.1) is 11.3 Å². The van der Waals surface area contributed by atoms with Gasteiger partial charge in [-0.2, -0.15) is 10.3 Å². The molecule has 5 rings (SSSR count). The van der Waals surface area contributed by atoms with Crippen LogP contribution in [0.15, 0.2) is 72.8 Å². The number of hydrazine groups is 1. The topological polar surface area (TPSA) is 29.8 Å². The first-order valence-corrected chi connectivity index (χ1v) is 8.09. The van der Waals surface area contributed by atoms with Gasteiger partial charge < -0.3 is 0 Å². The number of para-hydroxylation sites is 1. The minimum Gasteiger partial charge on any atom is -0.287 e.